The van der Waals surface area contributed by atoms with Gasteiger partial charge in [0, 0.05) is 0 Å². The zero-order valence-corrected chi connectivity index (χ0v) is 20.0. The zero-order chi connectivity index (χ0) is 20.9. The Hall–Kier alpha value is -1.53. The number of halogens is 2. The minimum Gasteiger partial charge on any atom is -0.490 e. The Morgan fingerprint density at radius 2 is 1.45 bits per heavy atom. The zero-order valence-electron chi connectivity index (χ0n) is 16.8. The van der Waals surface area contributed by atoms with Gasteiger partial charge in [0.1, 0.15) is 24.7 Å². The largest absolute Gasteiger partial charge is 0.490 e. The molecule has 29 heavy (non-hydrogen) atoms. The monoisotopic (exact) mass is 526 g/mol. The Kier molecular flexibility index (Phi) is 11.2. The van der Waals surface area contributed by atoms with E-state index in [9.17, 15) is 4.79 Å². The number of rotatable bonds is 13. The van der Waals surface area contributed by atoms with Crippen LogP contribution in [0, 0.1) is 0 Å². The minimum absolute atomic E-state index is 0.320. The number of carbonyl (C=O) groups is 1. The highest BCUT2D eigenvalue weighted by molar-refractivity contribution is 9.11. The van der Waals surface area contributed by atoms with Crippen LogP contribution in [0.3, 0.4) is 0 Å². The fourth-order valence-corrected chi connectivity index (χ4v) is 4.18. The summed E-state index contributed by atoms with van der Waals surface area (Å²) in [5.41, 5.74) is 0.489. The molecule has 2 rings (SSSR count). The molecule has 0 radical (unpaired) electrons. The summed E-state index contributed by atoms with van der Waals surface area (Å²) in [5.74, 6) is 1.12. The number of unbranched alkanes of at least 4 members (excludes halogenated alkanes) is 5. The average molecular weight is 528 g/mol. The Bertz CT molecular complexity index is 727. The fourth-order valence-electron chi connectivity index (χ4n) is 2.77. The van der Waals surface area contributed by atoms with E-state index in [1.54, 1.807) is 12.1 Å². The van der Waals surface area contributed by atoms with Gasteiger partial charge in [-0.2, -0.15) is 0 Å². The molecule has 2 aromatic carbocycles. The molecule has 0 unspecified atom stereocenters. The molecule has 0 bridgehead atoms. The van der Waals surface area contributed by atoms with Crippen LogP contribution in [0.15, 0.2) is 51.4 Å². The number of hydrogen-bond acceptors (Lipinski definition) is 4. The lowest BCUT2D eigenvalue weighted by atomic mass is 10.1. The second kappa shape index (κ2) is 13.6. The molecule has 2 aromatic rings. The van der Waals surface area contributed by atoms with Crippen LogP contribution in [0.4, 0.5) is 0 Å². The maximum Gasteiger partial charge on any atom is 0.338 e. The standard InChI is InChI=1S/C23H28Br2O4/c1-2-3-4-5-6-10-13-29-23(26)18-16-20(24)22(21(25)17-18)28-15-14-27-19-11-8-7-9-12-19/h7-9,11-12,16-17H,2-6,10,13-15H2,1H3. The molecule has 0 heterocycles. The van der Waals surface area contributed by atoms with E-state index in [0.29, 0.717) is 40.1 Å². The number of hydrogen-bond donors (Lipinski definition) is 0. The van der Waals surface area contributed by atoms with Gasteiger partial charge in [-0.25, -0.2) is 4.79 Å². The predicted octanol–water partition coefficient (Wildman–Crippen LogP) is 7.19. The molecule has 4 nitrogen and oxygen atoms in total. The second-order valence-electron chi connectivity index (χ2n) is 6.68. The molecular formula is C23H28Br2O4. The maximum absolute atomic E-state index is 12.3. The van der Waals surface area contributed by atoms with Crippen molar-refractivity contribution in [3.63, 3.8) is 0 Å². The van der Waals surface area contributed by atoms with Gasteiger partial charge in [0.05, 0.1) is 21.1 Å². The lowest BCUT2D eigenvalue weighted by molar-refractivity contribution is 0.0497. The molecule has 0 fully saturated rings. The van der Waals surface area contributed by atoms with Gasteiger partial charge in [0.15, 0.2) is 0 Å². The SMILES string of the molecule is CCCCCCCCOC(=O)c1cc(Br)c(OCCOc2ccccc2)c(Br)c1. The third-order valence-electron chi connectivity index (χ3n) is 4.31. The highest BCUT2D eigenvalue weighted by Gasteiger charge is 2.14. The lowest BCUT2D eigenvalue weighted by Crippen LogP contribution is -2.10. The number of carbonyl (C=O) groups excluding carboxylic acids is 1. The topological polar surface area (TPSA) is 44.8 Å². The van der Waals surface area contributed by atoms with E-state index < -0.39 is 0 Å². The first-order chi connectivity index (χ1) is 14.1. The van der Waals surface area contributed by atoms with E-state index in [1.807, 2.05) is 30.3 Å². The van der Waals surface area contributed by atoms with E-state index in [4.69, 9.17) is 14.2 Å². The van der Waals surface area contributed by atoms with Gasteiger partial charge in [0.25, 0.3) is 0 Å². The molecule has 0 saturated heterocycles. The van der Waals surface area contributed by atoms with Crippen molar-refractivity contribution >= 4 is 37.8 Å². The van der Waals surface area contributed by atoms with Gasteiger partial charge in [-0.15, -0.1) is 0 Å². The van der Waals surface area contributed by atoms with Gasteiger partial charge < -0.3 is 14.2 Å². The summed E-state index contributed by atoms with van der Waals surface area (Å²) in [6.07, 6.45) is 6.96. The molecular weight excluding hydrogens is 500 g/mol. The molecule has 0 aliphatic rings. The normalized spacial score (nSPS) is 10.6. The fraction of sp³-hybridized carbons (Fsp3) is 0.435. The highest BCUT2D eigenvalue weighted by atomic mass is 79.9. The predicted molar refractivity (Wildman–Crippen MR) is 123 cm³/mol. The smallest absolute Gasteiger partial charge is 0.338 e. The Labute approximate surface area is 190 Å². The Morgan fingerprint density at radius 3 is 2.14 bits per heavy atom. The first-order valence-corrected chi connectivity index (χ1v) is 11.7. The van der Waals surface area contributed by atoms with Crippen molar-refractivity contribution in [3.05, 3.63) is 57.0 Å². The third-order valence-corrected chi connectivity index (χ3v) is 5.48. The molecule has 6 heteroatoms. The van der Waals surface area contributed by atoms with Gasteiger partial charge in [-0.05, 0) is 62.5 Å². The molecule has 0 aliphatic carbocycles. The summed E-state index contributed by atoms with van der Waals surface area (Å²) in [6.45, 7) is 3.46. The molecule has 0 N–H and O–H groups in total. The van der Waals surface area contributed by atoms with E-state index in [1.165, 1.54) is 25.7 Å². The number of benzene rings is 2. The molecule has 0 saturated carbocycles. The van der Waals surface area contributed by atoms with Gasteiger partial charge in [0.2, 0.25) is 0 Å². The molecule has 0 aliphatic heterocycles. The summed E-state index contributed by atoms with van der Waals surface area (Å²) >= 11 is 6.95. The van der Waals surface area contributed by atoms with Crippen molar-refractivity contribution in [3.8, 4) is 11.5 Å². The second-order valence-corrected chi connectivity index (χ2v) is 8.39. The first-order valence-electron chi connectivity index (χ1n) is 10.1. The molecule has 0 amide bonds. The van der Waals surface area contributed by atoms with Crippen LogP contribution in [-0.2, 0) is 4.74 Å². The van der Waals surface area contributed by atoms with Crippen molar-refractivity contribution in [1.29, 1.82) is 0 Å². The van der Waals surface area contributed by atoms with Crippen molar-refractivity contribution in [2.24, 2.45) is 0 Å². The van der Waals surface area contributed by atoms with Crippen LogP contribution in [0.25, 0.3) is 0 Å². The van der Waals surface area contributed by atoms with E-state index in [2.05, 4.69) is 38.8 Å². The molecule has 0 aromatic heterocycles. The molecule has 0 atom stereocenters. The first kappa shape index (κ1) is 23.7. The average Bonchev–Trinajstić information content (AvgIpc) is 2.72. The van der Waals surface area contributed by atoms with Crippen molar-refractivity contribution in [2.45, 2.75) is 45.4 Å². The van der Waals surface area contributed by atoms with Crippen molar-refractivity contribution in [2.75, 3.05) is 19.8 Å². The number of ether oxygens (including phenoxy) is 3. The Morgan fingerprint density at radius 1 is 0.828 bits per heavy atom. The van der Waals surface area contributed by atoms with Crippen LogP contribution in [-0.4, -0.2) is 25.8 Å². The lowest BCUT2D eigenvalue weighted by Gasteiger charge is -2.13. The van der Waals surface area contributed by atoms with Crippen LogP contribution < -0.4 is 9.47 Å². The number of esters is 1. The highest BCUT2D eigenvalue weighted by Crippen LogP contribution is 2.35. The molecule has 0 spiro atoms. The summed E-state index contributed by atoms with van der Waals surface area (Å²) in [6, 6.07) is 13.0. The maximum atomic E-state index is 12.3. The quantitative estimate of drug-likeness (QED) is 0.204. The van der Waals surface area contributed by atoms with E-state index in [0.717, 1.165) is 18.6 Å². The Balaban J connectivity index is 1.76. The van der Waals surface area contributed by atoms with E-state index in [-0.39, 0.29) is 5.97 Å². The van der Waals surface area contributed by atoms with Crippen LogP contribution in [0.1, 0.15) is 55.8 Å². The van der Waals surface area contributed by atoms with Crippen LogP contribution in [0.2, 0.25) is 0 Å². The van der Waals surface area contributed by atoms with Gasteiger partial charge in [-0.3, -0.25) is 0 Å². The van der Waals surface area contributed by atoms with Gasteiger partial charge >= 0.3 is 5.97 Å². The van der Waals surface area contributed by atoms with Crippen LogP contribution in [0.5, 0.6) is 11.5 Å². The summed E-state index contributed by atoms with van der Waals surface area (Å²) in [5, 5.41) is 0. The van der Waals surface area contributed by atoms with E-state index >= 15 is 0 Å². The summed E-state index contributed by atoms with van der Waals surface area (Å²) in [7, 11) is 0. The van der Waals surface area contributed by atoms with Crippen molar-refractivity contribution < 1.29 is 19.0 Å². The summed E-state index contributed by atoms with van der Waals surface area (Å²) < 4.78 is 18.2. The van der Waals surface area contributed by atoms with Crippen molar-refractivity contribution in [1.82, 2.24) is 0 Å². The third kappa shape index (κ3) is 8.79. The van der Waals surface area contributed by atoms with Crippen LogP contribution >= 0.6 is 31.9 Å². The summed E-state index contributed by atoms with van der Waals surface area (Å²) in [4.78, 5) is 12.3. The molecule has 158 valence electrons. The minimum atomic E-state index is -0.320. The van der Waals surface area contributed by atoms with Gasteiger partial charge in [-0.1, -0.05) is 57.2 Å². The number of para-hydroxylation sites is 1.